The number of halogens is 1. The number of aromatic amines is 1. The minimum atomic E-state index is 0.329. The van der Waals surface area contributed by atoms with E-state index in [2.05, 4.69) is 37.5 Å². The Morgan fingerprint density at radius 1 is 1.53 bits per heavy atom. The van der Waals surface area contributed by atoms with Crippen LogP contribution in [0.5, 0.6) is 5.75 Å². The van der Waals surface area contributed by atoms with Gasteiger partial charge in [0.1, 0.15) is 5.75 Å². The summed E-state index contributed by atoms with van der Waals surface area (Å²) < 4.78 is 6.78. The molecule has 0 saturated heterocycles. The van der Waals surface area contributed by atoms with Gasteiger partial charge in [-0.2, -0.15) is 5.10 Å². The first-order valence-corrected chi connectivity index (χ1v) is 7.18. The third-order valence-electron chi connectivity index (χ3n) is 3.48. The number of H-pyrrole nitrogens is 1. The number of benzene rings is 1. The van der Waals surface area contributed by atoms with Gasteiger partial charge in [-0.15, -0.1) is 0 Å². The lowest BCUT2D eigenvalue weighted by Gasteiger charge is -2.27. The zero-order chi connectivity index (χ0) is 13.2. The summed E-state index contributed by atoms with van der Waals surface area (Å²) in [6, 6.07) is 6.50. The molecule has 0 fully saturated rings. The Labute approximate surface area is 120 Å². The van der Waals surface area contributed by atoms with Crippen LogP contribution in [0, 0.1) is 6.92 Å². The van der Waals surface area contributed by atoms with Crippen molar-refractivity contribution in [1.82, 2.24) is 15.5 Å². The summed E-state index contributed by atoms with van der Waals surface area (Å²) in [5.74, 6) is 0.982. The Bertz CT molecular complexity index is 582. The van der Waals surface area contributed by atoms with E-state index in [-0.39, 0.29) is 0 Å². The first kappa shape index (κ1) is 12.7. The average molecular weight is 322 g/mol. The van der Waals surface area contributed by atoms with Crippen molar-refractivity contribution in [2.24, 2.45) is 0 Å². The number of aryl methyl sites for hydroxylation is 1. The summed E-state index contributed by atoms with van der Waals surface area (Å²) in [5.41, 5.74) is 3.55. The zero-order valence-corrected chi connectivity index (χ0v) is 12.3. The number of fused-ring (bicyclic) bond motifs is 1. The molecule has 1 aromatic heterocycles. The van der Waals surface area contributed by atoms with Gasteiger partial charge in [0.05, 0.1) is 12.8 Å². The highest BCUT2D eigenvalue weighted by molar-refractivity contribution is 9.10. The number of hydrogen-bond donors (Lipinski definition) is 2. The molecule has 0 radical (unpaired) electrons. The van der Waals surface area contributed by atoms with E-state index in [9.17, 15) is 0 Å². The Kier molecular flexibility index (Phi) is 3.57. The Hall–Kier alpha value is -1.33. The molecule has 5 heteroatoms. The van der Waals surface area contributed by atoms with Gasteiger partial charge in [0.15, 0.2) is 0 Å². The summed E-state index contributed by atoms with van der Waals surface area (Å²) in [7, 11) is 0. The van der Waals surface area contributed by atoms with E-state index in [1.165, 1.54) is 11.1 Å². The number of rotatable bonds is 3. The second-order valence-corrected chi connectivity index (χ2v) is 5.69. The van der Waals surface area contributed by atoms with Crippen molar-refractivity contribution in [2.45, 2.75) is 25.9 Å². The number of nitrogens with zero attached hydrogens (tertiary/aromatic N) is 1. The van der Waals surface area contributed by atoms with Crippen LogP contribution in [-0.2, 0) is 6.54 Å². The molecule has 2 heterocycles. The van der Waals surface area contributed by atoms with Crippen LogP contribution >= 0.6 is 15.9 Å². The van der Waals surface area contributed by atoms with Gasteiger partial charge in [0.25, 0.3) is 0 Å². The molecule has 0 unspecified atom stereocenters. The number of aromatic nitrogens is 2. The Morgan fingerprint density at radius 2 is 2.42 bits per heavy atom. The van der Waals surface area contributed by atoms with Crippen LogP contribution in [0.2, 0.25) is 0 Å². The molecule has 0 saturated carbocycles. The predicted octanol–water partition coefficient (Wildman–Crippen LogP) is 3.09. The SMILES string of the molecule is Cc1[nH]ncc1CN[C@H]1CCOc2ccc(Br)cc21. The van der Waals surface area contributed by atoms with Crippen molar-refractivity contribution in [3.05, 3.63) is 45.7 Å². The molecular weight excluding hydrogens is 306 g/mol. The molecule has 19 heavy (non-hydrogen) atoms. The third-order valence-corrected chi connectivity index (χ3v) is 3.98. The van der Waals surface area contributed by atoms with Crippen LogP contribution in [0.1, 0.15) is 29.3 Å². The van der Waals surface area contributed by atoms with E-state index in [1.807, 2.05) is 25.3 Å². The topological polar surface area (TPSA) is 49.9 Å². The van der Waals surface area contributed by atoms with Gasteiger partial charge < -0.3 is 10.1 Å². The van der Waals surface area contributed by atoms with E-state index in [0.29, 0.717) is 6.04 Å². The number of ether oxygens (including phenoxy) is 1. The van der Waals surface area contributed by atoms with Gasteiger partial charge in [-0.1, -0.05) is 15.9 Å². The first-order valence-electron chi connectivity index (χ1n) is 6.38. The summed E-state index contributed by atoms with van der Waals surface area (Å²) >= 11 is 3.52. The van der Waals surface area contributed by atoms with Crippen LogP contribution < -0.4 is 10.1 Å². The van der Waals surface area contributed by atoms with Crippen LogP contribution in [0.15, 0.2) is 28.9 Å². The molecule has 100 valence electrons. The van der Waals surface area contributed by atoms with Crippen molar-refractivity contribution < 1.29 is 4.74 Å². The molecule has 2 aromatic rings. The molecule has 1 aromatic carbocycles. The minimum Gasteiger partial charge on any atom is -0.493 e. The molecule has 0 spiro atoms. The first-order chi connectivity index (χ1) is 9.24. The lowest BCUT2D eigenvalue weighted by molar-refractivity contribution is 0.252. The summed E-state index contributed by atoms with van der Waals surface area (Å²) in [4.78, 5) is 0. The van der Waals surface area contributed by atoms with Crippen molar-refractivity contribution in [3.8, 4) is 5.75 Å². The second-order valence-electron chi connectivity index (χ2n) is 4.77. The Morgan fingerprint density at radius 3 is 3.21 bits per heavy atom. The Balaban J connectivity index is 1.76. The van der Waals surface area contributed by atoms with Gasteiger partial charge >= 0.3 is 0 Å². The molecule has 3 rings (SSSR count). The maximum atomic E-state index is 5.69. The van der Waals surface area contributed by atoms with Crippen LogP contribution in [-0.4, -0.2) is 16.8 Å². The second kappa shape index (κ2) is 5.35. The third kappa shape index (κ3) is 2.67. The fourth-order valence-electron chi connectivity index (χ4n) is 2.36. The summed E-state index contributed by atoms with van der Waals surface area (Å²) in [6.45, 7) is 3.62. The molecule has 1 atom stereocenters. The summed E-state index contributed by atoms with van der Waals surface area (Å²) in [6.07, 6.45) is 2.86. The highest BCUT2D eigenvalue weighted by Crippen LogP contribution is 2.34. The quantitative estimate of drug-likeness (QED) is 0.913. The van der Waals surface area contributed by atoms with Gasteiger partial charge in [-0.25, -0.2) is 0 Å². The largest absolute Gasteiger partial charge is 0.493 e. The monoisotopic (exact) mass is 321 g/mol. The molecule has 2 N–H and O–H groups in total. The predicted molar refractivity (Wildman–Crippen MR) is 77.2 cm³/mol. The standard InChI is InChI=1S/C14H16BrN3O/c1-9-10(8-17-18-9)7-16-13-4-5-19-14-3-2-11(15)6-12(13)14/h2-3,6,8,13,16H,4-5,7H2,1H3,(H,17,18)/t13-/m0/s1. The van der Waals surface area contributed by atoms with Gasteiger partial charge in [-0.3, -0.25) is 5.10 Å². The molecule has 0 bridgehead atoms. The van der Waals surface area contributed by atoms with E-state index in [4.69, 9.17) is 4.74 Å². The van der Waals surface area contributed by atoms with Crippen LogP contribution in [0.4, 0.5) is 0 Å². The maximum absolute atomic E-state index is 5.69. The minimum absolute atomic E-state index is 0.329. The molecule has 1 aliphatic rings. The van der Waals surface area contributed by atoms with Crippen LogP contribution in [0.3, 0.4) is 0 Å². The van der Waals surface area contributed by atoms with Crippen LogP contribution in [0.25, 0.3) is 0 Å². The van der Waals surface area contributed by atoms with E-state index in [1.54, 1.807) is 0 Å². The lowest BCUT2D eigenvalue weighted by Crippen LogP contribution is -2.26. The van der Waals surface area contributed by atoms with Gasteiger partial charge in [-0.05, 0) is 25.1 Å². The summed E-state index contributed by atoms with van der Waals surface area (Å²) in [5, 5.41) is 10.6. The highest BCUT2D eigenvalue weighted by atomic mass is 79.9. The molecule has 0 amide bonds. The van der Waals surface area contributed by atoms with E-state index >= 15 is 0 Å². The van der Waals surface area contributed by atoms with Gasteiger partial charge in [0.2, 0.25) is 0 Å². The van der Waals surface area contributed by atoms with Crippen molar-refractivity contribution >= 4 is 15.9 Å². The average Bonchev–Trinajstić information content (AvgIpc) is 2.82. The molecule has 4 nitrogen and oxygen atoms in total. The number of hydrogen-bond acceptors (Lipinski definition) is 3. The lowest BCUT2D eigenvalue weighted by atomic mass is 10.0. The molecule has 0 aliphatic carbocycles. The zero-order valence-electron chi connectivity index (χ0n) is 10.7. The van der Waals surface area contributed by atoms with Crippen molar-refractivity contribution in [2.75, 3.05) is 6.61 Å². The van der Waals surface area contributed by atoms with Crippen molar-refractivity contribution in [3.63, 3.8) is 0 Å². The fourth-order valence-corrected chi connectivity index (χ4v) is 2.74. The van der Waals surface area contributed by atoms with E-state index in [0.717, 1.165) is 35.5 Å². The molecular formula is C14H16BrN3O. The fraction of sp³-hybridized carbons (Fsp3) is 0.357. The normalized spacial score (nSPS) is 17.9. The maximum Gasteiger partial charge on any atom is 0.124 e. The molecule has 1 aliphatic heterocycles. The van der Waals surface area contributed by atoms with Crippen molar-refractivity contribution in [1.29, 1.82) is 0 Å². The van der Waals surface area contributed by atoms with E-state index < -0.39 is 0 Å². The smallest absolute Gasteiger partial charge is 0.124 e. The number of nitrogens with one attached hydrogen (secondary N) is 2. The van der Waals surface area contributed by atoms with Gasteiger partial charge in [0, 0.05) is 40.3 Å². The highest BCUT2D eigenvalue weighted by Gasteiger charge is 2.21.